The molecule has 4 nitrogen and oxygen atoms in total. The van der Waals surface area contributed by atoms with Crippen LogP contribution >= 0.6 is 15.9 Å². The van der Waals surface area contributed by atoms with E-state index >= 15 is 0 Å². The number of carbonyl (C=O) groups is 1. The second-order valence-corrected chi connectivity index (χ2v) is 15.1. The van der Waals surface area contributed by atoms with Gasteiger partial charge in [0.1, 0.15) is 0 Å². The SMILES string of the molecule is C=CCC1=CC2(OCCCO2)C(CO[Si](c2ccccc2)(c2ccccc2)C(C)(C)C)=C(Br)C1=O. The Kier molecular flexibility index (Phi) is 7.79. The summed E-state index contributed by atoms with van der Waals surface area (Å²) in [5, 5.41) is 2.17. The number of Topliss-reactive ketones (excluding diaryl/α,β-unsaturated/α-hetero) is 1. The fraction of sp³-hybridized carbons (Fsp3) is 0.345. The molecule has 0 N–H and O–H groups in total. The van der Waals surface area contributed by atoms with Gasteiger partial charge in [0.05, 0.1) is 24.3 Å². The van der Waals surface area contributed by atoms with Gasteiger partial charge in [0.15, 0.2) is 5.78 Å². The normalized spacial score (nSPS) is 18.5. The van der Waals surface area contributed by atoms with Crippen molar-refractivity contribution in [1.29, 1.82) is 0 Å². The minimum absolute atomic E-state index is 0.0747. The van der Waals surface area contributed by atoms with E-state index in [1.54, 1.807) is 6.08 Å². The van der Waals surface area contributed by atoms with Gasteiger partial charge in [0.25, 0.3) is 8.32 Å². The van der Waals surface area contributed by atoms with Crippen molar-refractivity contribution in [2.75, 3.05) is 19.8 Å². The molecule has 0 amide bonds. The Balaban J connectivity index is 1.83. The minimum atomic E-state index is -2.81. The quantitative estimate of drug-likeness (QED) is 0.339. The van der Waals surface area contributed by atoms with Crippen LogP contribution in [0, 0.1) is 0 Å². The molecule has 35 heavy (non-hydrogen) atoms. The lowest BCUT2D eigenvalue weighted by Gasteiger charge is -2.45. The van der Waals surface area contributed by atoms with Crippen LogP contribution < -0.4 is 10.4 Å². The maximum atomic E-state index is 13.2. The van der Waals surface area contributed by atoms with Gasteiger partial charge in [-0.15, -0.1) is 6.58 Å². The van der Waals surface area contributed by atoms with E-state index in [0.29, 0.717) is 35.3 Å². The van der Waals surface area contributed by atoms with Crippen LogP contribution in [0.3, 0.4) is 0 Å². The highest BCUT2D eigenvalue weighted by atomic mass is 79.9. The lowest BCUT2D eigenvalue weighted by Crippen LogP contribution is -2.67. The third-order valence-electron chi connectivity index (χ3n) is 6.68. The minimum Gasteiger partial charge on any atom is -0.403 e. The summed E-state index contributed by atoms with van der Waals surface area (Å²) in [6.07, 6.45) is 4.81. The average molecular weight is 554 g/mol. The standard InChI is InChI=1S/C29H33BrO4Si/c1-5-13-22-20-29(32-18-12-19-33-29)25(26(30)27(22)31)21-34-35(28(2,3)4,23-14-8-6-9-15-23)24-16-10-7-11-17-24/h5-11,14-17,20H,1,12-13,18-19,21H2,2-4H3. The molecule has 0 atom stereocenters. The zero-order valence-corrected chi connectivity index (χ0v) is 23.3. The van der Waals surface area contributed by atoms with Crippen LogP contribution in [0.5, 0.6) is 0 Å². The molecule has 0 saturated carbocycles. The molecule has 0 radical (unpaired) electrons. The molecule has 1 spiro atoms. The topological polar surface area (TPSA) is 44.8 Å². The van der Waals surface area contributed by atoms with Gasteiger partial charge in [0.2, 0.25) is 5.79 Å². The Morgan fingerprint density at radius 2 is 1.57 bits per heavy atom. The largest absolute Gasteiger partial charge is 0.403 e. The predicted molar refractivity (Wildman–Crippen MR) is 147 cm³/mol. The van der Waals surface area contributed by atoms with Crippen molar-refractivity contribution >= 4 is 40.4 Å². The second kappa shape index (κ2) is 10.5. The van der Waals surface area contributed by atoms with Crippen LogP contribution in [0.4, 0.5) is 0 Å². The average Bonchev–Trinajstić information content (AvgIpc) is 2.86. The molecule has 0 bridgehead atoms. The van der Waals surface area contributed by atoms with Crippen LogP contribution in [0.2, 0.25) is 5.04 Å². The summed E-state index contributed by atoms with van der Waals surface area (Å²) in [6.45, 7) is 11.8. The Labute approximate surface area is 217 Å². The van der Waals surface area contributed by atoms with Crippen LogP contribution in [-0.4, -0.2) is 39.7 Å². The van der Waals surface area contributed by atoms with Gasteiger partial charge >= 0.3 is 0 Å². The molecule has 0 unspecified atom stereocenters. The summed E-state index contributed by atoms with van der Waals surface area (Å²) in [7, 11) is -2.81. The molecule has 2 aromatic carbocycles. The zero-order chi connectivity index (χ0) is 25.1. The predicted octanol–water partition coefficient (Wildman–Crippen LogP) is 5.43. The summed E-state index contributed by atoms with van der Waals surface area (Å²) in [5.41, 5.74) is 1.30. The molecule has 2 aromatic rings. The van der Waals surface area contributed by atoms with Gasteiger partial charge in [-0.1, -0.05) is 87.5 Å². The first-order valence-corrected chi connectivity index (χ1v) is 14.7. The van der Waals surface area contributed by atoms with E-state index in [-0.39, 0.29) is 17.4 Å². The molecule has 2 aliphatic rings. The van der Waals surface area contributed by atoms with Gasteiger partial charge < -0.3 is 13.9 Å². The highest BCUT2D eigenvalue weighted by molar-refractivity contribution is 9.12. The molecule has 1 heterocycles. The second-order valence-electron chi connectivity index (χ2n) is 9.95. The third kappa shape index (κ3) is 4.82. The summed E-state index contributed by atoms with van der Waals surface area (Å²) >= 11 is 3.60. The summed E-state index contributed by atoms with van der Waals surface area (Å²) < 4.78 is 20.1. The van der Waals surface area contributed by atoms with Gasteiger partial charge in [-0.25, -0.2) is 0 Å². The van der Waals surface area contributed by atoms with Gasteiger partial charge in [-0.2, -0.15) is 0 Å². The van der Waals surface area contributed by atoms with E-state index in [1.807, 2.05) is 18.2 Å². The van der Waals surface area contributed by atoms with E-state index in [0.717, 1.165) is 6.42 Å². The van der Waals surface area contributed by atoms with E-state index < -0.39 is 14.1 Å². The number of hydrogen-bond donors (Lipinski definition) is 0. The Hall–Kier alpha value is -2.09. The van der Waals surface area contributed by atoms with Crippen LogP contribution in [0.1, 0.15) is 33.6 Å². The van der Waals surface area contributed by atoms with Crippen molar-refractivity contribution in [3.05, 3.63) is 95.0 Å². The van der Waals surface area contributed by atoms with Gasteiger partial charge in [-0.05, 0) is 50.3 Å². The first kappa shape index (κ1) is 26.0. The number of benzene rings is 2. The number of ether oxygens (including phenoxy) is 2. The Morgan fingerprint density at radius 3 is 2.06 bits per heavy atom. The molecule has 0 aromatic heterocycles. The van der Waals surface area contributed by atoms with E-state index in [9.17, 15) is 4.79 Å². The molecule has 184 valence electrons. The van der Waals surface area contributed by atoms with Crippen LogP contribution in [0.25, 0.3) is 0 Å². The van der Waals surface area contributed by atoms with Crippen molar-refractivity contribution in [2.45, 2.75) is 44.4 Å². The molecule has 4 rings (SSSR count). The maximum absolute atomic E-state index is 13.2. The van der Waals surface area contributed by atoms with Crippen molar-refractivity contribution in [2.24, 2.45) is 0 Å². The molecular formula is C29H33BrO4Si. The Morgan fingerprint density at radius 1 is 1.03 bits per heavy atom. The fourth-order valence-electron chi connectivity index (χ4n) is 5.03. The van der Waals surface area contributed by atoms with E-state index in [4.69, 9.17) is 13.9 Å². The van der Waals surface area contributed by atoms with Gasteiger partial charge in [0, 0.05) is 11.1 Å². The van der Waals surface area contributed by atoms with Crippen molar-refractivity contribution in [3.8, 4) is 0 Å². The lowest BCUT2D eigenvalue weighted by molar-refractivity contribution is -0.216. The number of ketones is 1. The number of carbonyl (C=O) groups excluding carboxylic acids is 1. The first-order chi connectivity index (χ1) is 16.7. The van der Waals surface area contributed by atoms with Crippen molar-refractivity contribution in [3.63, 3.8) is 0 Å². The van der Waals surface area contributed by atoms with Gasteiger partial charge in [-0.3, -0.25) is 4.79 Å². The molecular weight excluding hydrogens is 520 g/mol. The maximum Gasteiger partial charge on any atom is 0.261 e. The third-order valence-corrected chi connectivity index (χ3v) is 12.5. The molecule has 1 aliphatic heterocycles. The number of halogens is 1. The summed E-state index contributed by atoms with van der Waals surface area (Å²) in [6, 6.07) is 20.9. The zero-order valence-electron chi connectivity index (χ0n) is 20.7. The number of rotatable bonds is 7. The Bertz CT molecular complexity index is 1090. The fourth-order valence-corrected chi connectivity index (χ4v) is 10.2. The monoisotopic (exact) mass is 552 g/mol. The smallest absolute Gasteiger partial charge is 0.261 e. The lowest BCUT2D eigenvalue weighted by atomic mass is 9.91. The van der Waals surface area contributed by atoms with E-state index in [1.165, 1.54) is 10.4 Å². The first-order valence-electron chi connectivity index (χ1n) is 12.0. The number of hydrogen-bond acceptors (Lipinski definition) is 4. The molecule has 1 aliphatic carbocycles. The summed E-state index contributed by atoms with van der Waals surface area (Å²) in [4.78, 5) is 13.2. The van der Waals surface area contributed by atoms with Crippen molar-refractivity contribution in [1.82, 2.24) is 0 Å². The van der Waals surface area contributed by atoms with Crippen LogP contribution in [0.15, 0.2) is 95.0 Å². The van der Waals surface area contributed by atoms with Crippen LogP contribution in [-0.2, 0) is 18.7 Å². The highest BCUT2D eigenvalue weighted by Crippen LogP contribution is 2.42. The summed E-state index contributed by atoms with van der Waals surface area (Å²) in [5.74, 6) is -1.19. The molecule has 6 heteroatoms. The van der Waals surface area contributed by atoms with E-state index in [2.05, 4.69) is 91.8 Å². The molecule has 1 fully saturated rings. The van der Waals surface area contributed by atoms with Crippen molar-refractivity contribution < 1.29 is 18.7 Å². The highest BCUT2D eigenvalue weighted by Gasteiger charge is 2.52. The number of allylic oxidation sites excluding steroid dienone is 3. The molecule has 1 saturated heterocycles.